The summed E-state index contributed by atoms with van der Waals surface area (Å²) < 4.78 is 5.54. The molecule has 2 aliphatic carbocycles. The minimum Gasteiger partial charge on any atom is -0.481 e. The Morgan fingerprint density at radius 1 is 1.06 bits per heavy atom. The van der Waals surface area contributed by atoms with Crippen LogP contribution in [-0.2, 0) is 27.3 Å². The summed E-state index contributed by atoms with van der Waals surface area (Å²) in [4.78, 5) is 40.0. The Hall–Kier alpha value is -3.72. The Kier molecular flexibility index (Phi) is 6.25. The number of carbonyl (C=O) groups is 3. The van der Waals surface area contributed by atoms with Crippen LogP contribution in [0.3, 0.4) is 0 Å². The fourth-order valence-corrected chi connectivity index (χ4v) is 5.33. The van der Waals surface area contributed by atoms with E-state index in [1.165, 1.54) is 22.5 Å². The third-order valence-electron chi connectivity index (χ3n) is 6.42. The van der Waals surface area contributed by atoms with Gasteiger partial charge in [0, 0.05) is 11.3 Å². The number of nitrogens with zero attached hydrogens (tertiary/aromatic N) is 1. The summed E-state index contributed by atoms with van der Waals surface area (Å²) in [5.74, 6) is -1.17. The summed E-state index contributed by atoms with van der Waals surface area (Å²) in [5, 5.41) is 17.0. The number of carbonyl (C=O) groups excluding carboxylic acids is 2. The van der Waals surface area contributed by atoms with E-state index < -0.39 is 17.6 Å². The number of hydrogen-bond acceptors (Lipinski definition) is 6. The summed E-state index contributed by atoms with van der Waals surface area (Å²) in [5.41, 5.74) is 4.64. The molecule has 0 unspecified atom stereocenters. The SMILES string of the molecule is O=C(O)CC1(NC(=O)Cc2csc(CNC(=O)OCC3c4ccccc4-c4ccccc43)n2)CC1. The van der Waals surface area contributed by atoms with Crippen molar-refractivity contribution in [2.75, 3.05) is 6.61 Å². The summed E-state index contributed by atoms with van der Waals surface area (Å²) in [6, 6.07) is 16.3. The predicted octanol–water partition coefficient (Wildman–Crippen LogP) is 3.85. The maximum Gasteiger partial charge on any atom is 0.407 e. The van der Waals surface area contributed by atoms with Crippen molar-refractivity contribution in [2.24, 2.45) is 0 Å². The molecule has 1 saturated carbocycles. The number of rotatable bonds is 9. The summed E-state index contributed by atoms with van der Waals surface area (Å²) >= 11 is 1.35. The number of carboxylic acids is 1. The highest BCUT2D eigenvalue weighted by Gasteiger charge is 2.45. The van der Waals surface area contributed by atoms with Crippen LogP contribution in [-0.4, -0.2) is 40.2 Å². The van der Waals surface area contributed by atoms with Crippen LogP contribution >= 0.6 is 11.3 Å². The largest absolute Gasteiger partial charge is 0.481 e. The van der Waals surface area contributed by atoms with Gasteiger partial charge >= 0.3 is 12.1 Å². The molecule has 5 rings (SSSR count). The van der Waals surface area contributed by atoms with E-state index in [9.17, 15) is 14.4 Å². The number of alkyl carbamates (subject to hydrolysis) is 1. The molecule has 2 aromatic carbocycles. The van der Waals surface area contributed by atoms with Crippen LogP contribution in [0.2, 0.25) is 0 Å². The van der Waals surface area contributed by atoms with Gasteiger partial charge in [-0.05, 0) is 35.1 Å². The third kappa shape index (κ3) is 5.19. The molecule has 35 heavy (non-hydrogen) atoms. The van der Waals surface area contributed by atoms with Crippen LogP contribution in [0.4, 0.5) is 4.79 Å². The molecule has 1 fully saturated rings. The highest BCUT2D eigenvalue weighted by atomic mass is 32.1. The first-order valence-corrected chi connectivity index (χ1v) is 12.4. The quantitative estimate of drug-likeness (QED) is 0.419. The van der Waals surface area contributed by atoms with E-state index in [1.807, 2.05) is 24.3 Å². The number of ether oxygens (including phenoxy) is 1. The van der Waals surface area contributed by atoms with Gasteiger partial charge in [0.25, 0.3) is 0 Å². The van der Waals surface area contributed by atoms with E-state index in [1.54, 1.807) is 5.38 Å². The van der Waals surface area contributed by atoms with Crippen molar-refractivity contribution in [1.29, 1.82) is 0 Å². The van der Waals surface area contributed by atoms with E-state index in [2.05, 4.69) is 39.9 Å². The molecule has 9 heteroatoms. The Morgan fingerprint density at radius 2 is 1.71 bits per heavy atom. The zero-order valence-electron chi connectivity index (χ0n) is 19.0. The number of fused-ring (bicyclic) bond motifs is 3. The van der Waals surface area contributed by atoms with E-state index in [0.717, 1.165) is 11.1 Å². The van der Waals surface area contributed by atoms with Gasteiger partial charge in [-0.3, -0.25) is 9.59 Å². The minimum atomic E-state index is -0.918. The summed E-state index contributed by atoms with van der Waals surface area (Å²) in [7, 11) is 0. The van der Waals surface area contributed by atoms with Gasteiger partial charge in [-0.1, -0.05) is 48.5 Å². The Labute approximate surface area is 206 Å². The molecule has 1 heterocycles. The van der Waals surface area contributed by atoms with Crippen molar-refractivity contribution in [2.45, 2.75) is 43.7 Å². The molecular weight excluding hydrogens is 466 g/mol. The van der Waals surface area contributed by atoms with Gasteiger partial charge in [-0.15, -0.1) is 11.3 Å². The van der Waals surface area contributed by atoms with Gasteiger partial charge in [-0.2, -0.15) is 0 Å². The van der Waals surface area contributed by atoms with E-state index in [4.69, 9.17) is 9.84 Å². The van der Waals surface area contributed by atoms with Gasteiger partial charge in [-0.25, -0.2) is 9.78 Å². The first-order valence-electron chi connectivity index (χ1n) is 11.5. The topological polar surface area (TPSA) is 118 Å². The van der Waals surface area contributed by atoms with E-state index >= 15 is 0 Å². The van der Waals surface area contributed by atoms with Gasteiger partial charge in [0.15, 0.2) is 0 Å². The van der Waals surface area contributed by atoms with Gasteiger partial charge in [0.2, 0.25) is 5.91 Å². The molecule has 0 atom stereocenters. The van der Waals surface area contributed by atoms with Crippen LogP contribution in [0, 0.1) is 0 Å². The van der Waals surface area contributed by atoms with Gasteiger partial charge in [0.05, 0.1) is 30.6 Å². The molecule has 3 aromatic rings. The second kappa shape index (κ2) is 9.50. The number of thiazole rings is 1. The van der Waals surface area contributed by atoms with Crippen molar-refractivity contribution >= 4 is 29.3 Å². The maximum absolute atomic E-state index is 12.4. The van der Waals surface area contributed by atoms with Crippen molar-refractivity contribution in [3.63, 3.8) is 0 Å². The molecule has 0 bridgehead atoms. The lowest BCUT2D eigenvalue weighted by atomic mass is 9.98. The van der Waals surface area contributed by atoms with Crippen LogP contribution < -0.4 is 10.6 Å². The Morgan fingerprint density at radius 3 is 2.34 bits per heavy atom. The second-order valence-corrected chi connectivity index (χ2v) is 9.93. The molecule has 0 radical (unpaired) electrons. The highest BCUT2D eigenvalue weighted by Crippen LogP contribution is 2.44. The maximum atomic E-state index is 12.4. The van der Waals surface area contributed by atoms with Crippen molar-refractivity contribution < 1.29 is 24.2 Å². The Bertz CT molecular complexity index is 1240. The first kappa shape index (κ1) is 23.0. The second-order valence-electron chi connectivity index (χ2n) is 8.99. The standard InChI is InChI=1S/C26H25N3O5S/c30-22(29-26(9-10-26)12-24(31)32)11-16-15-35-23(28-16)13-27-25(33)34-14-21-19-7-3-1-5-17(19)18-6-2-4-8-20(18)21/h1-8,15,21H,9-14H2,(H,27,33)(H,29,30)(H,31,32). The van der Waals surface area contributed by atoms with Crippen molar-refractivity contribution in [3.05, 3.63) is 75.7 Å². The van der Waals surface area contributed by atoms with E-state index in [-0.39, 0.29) is 37.8 Å². The molecule has 180 valence electrons. The number of benzene rings is 2. The summed E-state index contributed by atoms with van der Waals surface area (Å²) in [6.45, 7) is 0.438. The number of hydrogen-bond donors (Lipinski definition) is 3. The number of carboxylic acid groups (broad SMARTS) is 1. The molecule has 2 amide bonds. The number of aliphatic carboxylic acids is 1. The fraction of sp³-hybridized carbons (Fsp3) is 0.308. The number of nitrogens with one attached hydrogen (secondary N) is 2. The average Bonchev–Trinajstić information content (AvgIpc) is 3.29. The number of aromatic nitrogens is 1. The molecule has 2 aliphatic rings. The first-order chi connectivity index (χ1) is 16.9. The molecular formula is C26H25N3O5S. The molecule has 8 nitrogen and oxygen atoms in total. The molecule has 1 aromatic heterocycles. The van der Waals surface area contributed by atoms with Crippen molar-refractivity contribution in [1.82, 2.24) is 15.6 Å². The predicted molar refractivity (Wildman–Crippen MR) is 130 cm³/mol. The lowest BCUT2D eigenvalue weighted by molar-refractivity contribution is -0.138. The Balaban J connectivity index is 1.11. The smallest absolute Gasteiger partial charge is 0.407 e. The lowest BCUT2D eigenvalue weighted by Gasteiger charge is -2.14. The van der Waals surface area contributed by atoms with Gasteiger partial charge in [0.1, 0.15) is 11.6 Å². The van der Waals surface area contributed by atoms with Crippen LogP contribution in [0.25, 0.3) is 11.1 Å². The zero-order chi connectivity index (χ0) is 24.4. The molecule has 0 spiro atoms. The summed E-state index contributed by atoms with van der Waals surface area (Å²) in [6.07, 6.45) is 0.841. The molecule has 0 aliphatic heterocycles. The van der Waals surface area contributed by atoms with Crippen LogP contribution in [0.15, 0.2) is 53.9 Å². The van der Waals surface area contributed by atoms with Crippen LogP contribution in [0.5, 0.6) is 0 Å². The van der Waals surface area contributed by atoms with E-state index in [0.29, 0.717) is 23.5 Å². The fourth-order valence-electron chi connectivity index (χ4n) is 4.60. The number of amides is 2. The zero-order valence-corrected chi connectivity index (χ0v) is 19.8. The normalized spacial score (nSPS) is 15.1. The van der Waals surface area contributed by atoms with Crippen LogP contribution in [0.1, 0.15) is 47.0 Å². The lowest BCUT2D eigenvalue weighted by Crippen LogP contribution is -2.39. The third-order valence-corrected chi connectivity index (χ3v) is 7.31. The monoisotopic (exact) mass is 491 g/mol. The highest BCUT2D eigenvalue weighted by molar-refractivity contribution is 7.09. The van der Waals surface area contributed by atoms with Crippen molar-refractivity contribution in [3.8, 4) is 11.1 Å². The average molecular weight is 492 g/mol. The molecule has 0 saturated heterocycles. The minimum absolute atomic E-state index is 0.00554. The van der Waals surface area contributed by atoms with Gasteiger partial charge < -0.3 is 20.5 Å². The molecule has 3 N–H and O–H groups in total.